The normalized spacial score (nSPS) is 11.6. The lowest BCUT2D eigenvalue weighted by Crippen LogP contribution is -2.02. The van der Waals surface area contributed by atoms with Crippen LogP contribution in [-0.4, -0.2) is 15.0 Å². The molecule has 0 atom stereocenters. The highest BCUT2D eigenvalue weighted by Crippen LogP contribution is 2.42. The summed E-state index contributed by atoms with van der Waals surface area (Å²) in [5, 5.41) is 9.02. The van der Waals surface area contributed by atoms with Gasteiger partial charge >= 0.3 is 0 Å². The van der Waals surface area contributed by atoms with Gasteiger partial charge in [-0.05, 0) is 90.0 Å². The fourth-order valence-electron chi connectivity index (χ4n) is 8.91. The summed E-state index contributed by atoms with van der Waals surface area (Å²) in [5.41, 5.74) is 11.1. The minimum absolute atomic E-state index is 0.550. The maximum atomic E-state index is 6.57. The predicted octanol–water partition coefficient (Wildman–Crippen LogP) is 15.2. The van der Waals surface area contributed by atoms with Crippen LogP contribution in [0.4, 0.5) is 0 Å². The smallest absolute Gasteiger partial charge is 0.167 e. The van der Waals surface area contributed by atoms with E-state index < -0.39 is 0 Å². The standard InChI is InChI=1S/C57H35N3O/c1-2-12-36(13-3-1)42-30-26-38-27-31-43(35-44(38)34-42)37-24-28-41(29-25-37)55-58-56(51-22-11-21-50-48-19-8-9-23-52(48)61-54(50)51)60-57(59-55)53-46-18-7-5-15-40(46)32-33-49(53)47-20-10-16-39-14-4-6-17-45(39)47/h1-35H. The average molecular weight is 778 g/mol. The molecule has 0 N–H and O–H groups in total. The van der Waals surface area contributed by atoms with Gasteiger partial charge in [0.1, 0.15) is 11.2 Å². The number of nitrogens with zero attached hydrogens (tertiary/aromatic N) is 3. The van der Waals surface area contributed by atoms with Crippen molar-refractivity contribution >= 4 is 54.3 Å². The van der Waals surface area contributed by atoms with E-state index in [1.54, 1.807) is 0 Å². The van der Waals surface area contributed by atoms with E-state index in [-0.39, 0.29) is 0 Å². The summed E-state index contributed by atoms with van der Waals surface area (Å²) in [5.74, 6) is 1.73. The van der Waals surface area contributed by atoms with Crippen LogP contribution in [0.5, 0.6) is 0 Å². The van der Waals surface area contributed by atoms with Crippen molar-refractivity contribution in [1.29, 1.82) is 0 Å². The Bertz CT molecular complexity index is 3640. The fourth-order valence-corrected chi connectivity index (χ4v) is 8.91. The van der Waals surface area contributed by atoms with E-state index in [1.807, 2.05) is 24.3 Å². The van der Waals surface area contributed by atoms with Crippen molar-refractivity contribution in [3.05, 3.63) is 212 Å². The summed E-state index contributed by atoms with van der Waals surface area (Å²) in [7, 11) is 0. The van der Waals surface area contributed by atoms with E-state index in [2.05, 4.69) is 188 Å². The molecule has 0 aliphatic rings. The zero-order chi connectivity index (χ0) is 40.3. The third-order valence-electron chi connectivity index (χ3n) is 11.9. The van der Waals surface area contributed by atoms with Crippen LogP contribution in [0.3, 0.4) is 0 Å². The largest absolute Gasteiger partial charge is 0.455 e. The molecule has 2 aromatic heterocycles. The quantitative estimate of drug-likeness (QED) is 0.169. The summed E-state index contributed by atoms with van der Waals surface area (Å²) in [6, 6.07) is 74.8. The second kappa shape index (κ2) is 14.3. The lowest BCUT2D eigenvalue weighted by molar-refractivity contribution is 0.669. The number of fused-ring (bicyclic) bond motifs is 6. The number of benzene rings is 10. The summed E-state index contributed by atoms with van der Waals surface area (Å²) >= 11 is 0. The van der Waals surface area contributed by atoms with Crippen LogP contribution < -0.4 is 0 Å². The molecule has 12 rings (SSSR count). The van der Waals surface area contributed by atoms with Gasteiger partial charge in [-0.1, -0.05) is 188 Å². The van der Waals surface area contributed by atoms with Gasteiger partial charge in [0.15, 0.2) is 17.5 Å². The molecule has 0 unspecified atom stereocenters. The molecule has 0 aliphatic heterocycles. The van der Waals surface area contributed by atoms with Crippen molar-refractivity contribution in [1.82, 2.24) is 15.0 Å². The average Bonchev–Trinajstić information content (AvgIpc) is 3.72. The van der Waals surface area contributed by atoms with E-state index in [4.69, 9.17) is 19.4 Å². The van der Waals surface area contributed by atoms with Crippen molar-refractivity contribution in [3.8, 4) is 67.5 Å². The van der Waals surface area contributed by atoms with Crippen molar-refractivity contribution in [2.75, 3.05) is 0 Å². The Morgan fingerprint density at radius 1 is 0.279 bits per heavy atom. The van der Waals surface area contributed by atoms with Crippen molar-refractivity contribution < 1.29 is 4.42 Å². The third kappa shape index (κ3) is 6.04. The molecule has 0 amide bonds. The first kappa shape index (κ1) is 34.8. The van der Waals surface area contributed by atoms with Crippen LogP contribution in [0.15, 0.2) is 217 Å². The molecule has 4 nitrogen and oxygen atoms in total. The van der Waals surface area contributed by atoms with Crippen molar-refractivity contribution in [2.24, 2.45) is 0 Å². The molecule has 10 aromatic carbocycles. The summed E-state index contributed by atoms with van der Waals surface area (Å²) in [6.07, 6.45) is 0. The molecule has 0 radical (unpaired) electrons. The van der Waals surface area contributed by atoms with Gasteiger partial charge in [0.05, 0.1) is 5.56 Å². The first-order valence-electron chi connectivity index (χ1n) is 20.6. The Kier molecular flexibility index (Phi) is 8.13. The van der Waals surface area contributed by atoms with E-state index in [0.29, 0.717) is 17.5 Å². The van der Waals surface area contributed by atoms with Crippen LogP contribution >= 0.6 is 0 Å². The van der Waals surface area contributed by atoms with Crippen LogP contribution in [0.1, 0.15) is 0 Å². The summed E-state index contributed by atoms with van der Waals surface area (Å²) in [4.78, 5) is 16.0. The lowest BCUT2D eigenvalue weighted by atomic mass is 9.90. The van der Waals surface area contributed by atoms with Gasteiger partial charge < -0.3 is 4.42 Å². The Labute approximate surface area is 352 Å². The number of aromatic nitrogens is 3. The number of para-hydroxylation sites is 2. The molecule has 0 aliphatic carbocycles. The second-order valence-corrected chi connectivity index (χ2v) is 15.5. The molecular weight excluding hydrogens is 743 g/mol. The first-order chi connectivity index (χ1) is 30.2. The number of rotatable bonds is 6. The van der Waals surface area contributed by atoms with Crippen molar-refractivity contribution in [3.63, 3.8) is 0 Å². The third-order valence-corrected chi connectivity index (χ3v) is 11.9. The highest BCUT2D eigenvalue weighted by Gasteiger charge is 2.22. The number of furan rings is 1. The monoisotopic (exact) mass is 777 g/mol. The highest BCUT2D eigenvalue weighted by molar-refractivity contribution is 6.10. The molecule has 0 saturated carbocycles. The van der Waals surface area contributed by atoms with Gasteiger partial charge in [-0.25, -0.2) is 15.0 Å². The van der Waals surface area contributed by atoms with Crippen molar-refractivity contribution in [2.45, 2.75) is 0 Å². The fraction of sp³-hybridized carbons (Fsp3) is 0. The van der Waals surface area contributed by atoms with Crippen LogP contribution in [-0.2, 0) is 0 Å². The number of hydrogen-bond acceptors (Lipinski definition) is 4. The second-order valence-electron chi connectivity index (χ2n) is 15.5. The summed E-state index contributed by atoms with van der Waals surface area (Å²) in [6.45, 7) is 0. The Morgan fingerprint density at radius 3 is 1.62 bits per heavy atom. The van der Waals surface area contributed by atoms with Gasteiger partial charge in [-0.15, -0.1) is 0 Å². The van der Waals surface area contributed by atoms with Crippen LogP contribution in [0.2, 0.25) is 0 Å². The van der Waals surface area contributed by atoms with Gasteiger partial charge in [-0.3, -0.25) is 0 Å². The zero-order valence-electron chi connectivity index (χ0n) is 33.0. The van der Waals surface area contributed by atoms with Crippen LogP contribution in [0, 0.1) is 0 Å². The zero-order valence-corrected chi connectivity index (χ0v) is 33.0. The first-order valence-corrected chi connectivity index (χ1v) is 20.6. The van der Waals surface area contributed by atoms with E-state index in [0.717, 1.165) is 71.7 Å². The minimum atomic E-state index is 0.550. The van der Waals surface area contributed by atoms with Gasteiger partial charge in [0, 0.05) is 21.9 Å². The molecule has 2 heterocycles. The SMILES string of the molecule is c1ccc(-c2ccc3ccc(-c4ccc(-c5nc(-c6c(-c7cccc8ccccc78)ccc7ccccc67)nc(-c6cccc7c6oc6ccccc67)n5)cc4)cc3c2)cc1. The maximum absolute atomic E-state index is 6.57. The topological polar surface area (TPSA) is 51.8 Å². The molecule has 0 saturated heterocycles. The minimum Gasteiger partial charge on any atom is -0.455 e. The molecule has 284 valence electrons. The molecule has 12 aromatic rings. The Morgan fingerprint density at radius 2 is 0.820 bits per heavy atom. The van der Waals surface area contributed by atoms with E-state index in [9.17, 15) is 0 Å². The summed E-state index contributed by atoms with van der Waals surface area (Å²) < 4.78 is 6.57. The van der Waals surface area contributed by atoms with Gasteiger partial charge in [0.25, 0.3) is 0 Å². The van der Waals surface area contributed by atoms with Gasteiger partial charge in [0.2, 0.25) is 0 Å². The molecule has 0 fully saturated rings. The number of hydrogen-bond donors (Lipinski definition) is 0. The molecule has 61 heavy (non-hydrogen) atoms. The Balaban J connectivity index is 1.05. The Hall–Kier alpha value is -8.21. The lowest BCUT2D eigenvalue weighted by Gasteiger charge is -2.16. The van der Waals surface area contributed by atoms with Gasteiger partial charge in [-0.2, -0.15) is 0 Å². The van der Waals surface area contributed by atoms with Crippen LogP contribution in [0.25, 0.3) is 122 Å². The predicted molar refractivity (Wildman–Crippen MR) is 252 cm³/mol. The van der Waals surface area contributed by atoms with E-state index in [1.165, 1.54) is 32.7 Å². The van der Waals surface area contributed by atoms with E-state index >= 15 is 0 Å². The molecule has 0 bridgehead atoms. The maximum Gasteiger partial charge on any atom is 0.167 e. The molecule has 4 heteroatoms. The molecule has 0 spiro atoms. The molecular formula is C57H35N3O. The highest BCUT2D eigenvalue weighted by atomic mass is 16.3.